The van der Waals surface area contributed by atoms with Gasteiger partial charge in [0.2, 0.25) is 5.52 Å². The van der Waals surface area contributed by atoms with Gasteiger partial charge < -0.3 is 9.67 Å². The minimum absolute atomic E-state index is 0.141. The molecule has 25 heavy (non-hydrogen) atoms. The van der Waals surface area contributed by atoms with Gasteiger partial charge in [-0.2, -0.15) is 0 Å². The average Bonchev–Trinajstić information content (AvgIpc) is 3.00. The first-order valence-corrected chi connectivity index (χ1v) is 8.52. The van der Waals surface area contributed by atoms with Crippen LogP contribution in [-0.2, 0) is 13.6 Å². The molecule has 0 fully saturated rings. The largest absolute Gasteiger partial charge is 0.395 e. The number of aromatic nitrogens is 2. The van der Waals surface area contributed by atoms with E-state index in [1.165, 1.54) is 27.4 Å². The van der Waals surface area contributed by atoms with Gasteiger partial charge >= 0.3 is 0 Å². The zero-order valence-electron chi connectivity index (χ0n) is 14.3. The predicted molar refractivity (Wildman–Crippen MR) is 103 cm³/mol. The summed E-state index contributed by atoms with van der Waals surface area (Å²) in [7, 11) is 2.07. The van der Waals surface area contributed by atoms with Crippen molar-refractivity contribution in [3.05, 3.63) is 78.1 Å². The fraction of sp³-hybridized carbons (Fsp3) is 0.136. The topological polar surface area (TPSA) is 29.0 Å². The third-order valence-electron chi connectivity index (χ3n) is 4.68. The summed E-state index contributed by atoms with van der Waals surface area (Å²) in [5, 5.41) is 11.7. The van der Waals surface area contributed by atoms with Gasteiger partial charge in [-0.3, -0.25) is 0 Å². The molecule has 0 amide bonds. The Balaban J connectivity index is 1.81. The molecule has 0 saturated carbocycles. The van der Waals surface area contributed by atoms with Crippen molar-refractivity contribution >= 4 is 34.0 Å². The minimum Gasteiger partial charge on any atom is -0.395 e. The van der Waals surface area contributed by atoms with Crippen LogP contribution in [0.4, 0.5) is 0 Å². The van der Waals surface area contributed by atoms with Crippen LogP contribution in [0.3, 0.4) is 0 Å². The van der Waals surface area contributed by atoms with Crippen molar-refractivity contribution < 1.29 is 9.67 Å². The Bertz CT molecular complexity index is 1080. The standard InChI is InChI=1S/C22H21N2O/c1-23-13-12-17(19-6-2-4-8-21(19)23)10-11-18-16-24(14-15-25)22-9-5-3-7-20(18)22/h2-13,16,25H,14-15H2,1H3/q+1. The third kappa shape index (κ3) is 2.83. The zero-order chi connectivity index (χ0) is 17.2. The molecule has 0 aliphatic heterocycles. The highest BCUT2D eigenvalue weighted by Gasteiger charge is 2.08. The lowest BCUT2D eigenvalue weighted by Gasteiger charge is -2.00. The summed E-state index contributed by atoms with van der Waals surface area (Å²) >= 11 is 0. The Labute approximate surface area is 147 Å². The molecule has 0 radical (unpaired) electrons. The second kappa shape index (κ2) is 6.54. The Morgan fingerprint density at radius 1 is 0.920 bits per heavy atom. The Morgan fingerprint density at radius 2 is 1.64 bits per heavy atom. The van der Waals surface area contributed by atoms with Crippen molar-refractivity contribution in [1.29, 1.82) is 0 Å². The summed E-state index contributed by atoms with van der Waals surface area (Å²) in [4.78, 5) is 0. The number of para-hydroxylation sites is 2. The molecule has 0 aliphatic carbocycles. The molecular formula is C22H21N2O+. The second-order valence-corrected chi connectivity index (χ2v) is 6.25. The molecule has 0 aliphatic rings. The SMILES string of the molecule is C[n+]1ccc(/C=C/c2cn(CCO)c3ccccc23)c2ccccc21. The molecular weight excluding hydrogens is 308 g/mol. The van der Waals surface area contributed by atoms with Crippen molar-refractivity contribution in [2.75, 3.05) is 6.61 Å². The highest BCUT2D eigenvalue weighted by atomic mass is 16.3. The fourth-order valence-electron chi connectivity index (χ4n) is 3.41. The first-order valence-electron chi connectivity index (χ1n) is 8.52. The lowest BCUT2D eigenvalue weighted by atomic mass is 10.1. The summed E-state index contributed by atoms with van der Waals surface area (Å²) in [6.45, 7) is 0.750. The van der Waals surface area contributed by atoms with Crippen LogP contribution < -0.4 is 4.57 Å². The van der Waals surface area contributed by atoms with E-state index in [4.69, 9.17) is 0 Å². The van der Waals surface area contributed by atoms with Crippen LogP contribution in [0.1, 0.15) is 11.1 Å². The first-order chi connectivity index (χ1) is 12.3. The van der Waals surface area contributed by atoms with Gasteiger partial charge in [0.25, 0.3) is 0 Å². The summed E-state index contributed by atoms with van der Waals surface area (Å²) in [6.07, 6.45) is 8.55. The Morgan fingerprint density at radius 3 is 2.48 bits per heavy atom. The van der Waals surface area contributed by atoms with Crippen LogP contribution >= 0.6 is 0 Å². The number of aryl methyl sites for hydroxylation is 1. The maximum atomic E-state index is 9.30. The average molecular weight is 329 g/mol. The van der Waals surface area contributed by atoms with E-state index in [-0.39, 0.29) is 6.61 Å². The van der Waals surface area contributed by atoms with Gasteiger partial charge in [-0.05, 0) is 23.3 Å². The number of rotatable bonds is 4. The van der Waals surface area contributed by atoms with Gasteiger partial charge in [0.05, 0.1) is 12.0 Å². The second-order valence-electron chi connectivity index (χ2n) is 6.25. The van der Waals surface area contributed by atoms with Gasteiger partial charge in [0, 0.05) is 35.8 Å². The molecule has 0 saturated heterocycles. The van der Waals surface area contributed by atoms with Gasteiger partial charge in [0.15, 0.2) is 6.20 Å². The van der Waals surface area contributed by atoms with E-state index in [0.29, 0.717) is 6.54 Å². The highest BCUT2D eigenvalue weighted by molar-refractivity contribution is 5.95. The maximum absolute atomic E-state index is 9.30. The molecule has 0 bridgehead atoms. The van der Waals surface area contributed by atoms with Crippen LogP contribution in [0.25, 0.3) is 34.0 Å². The molecule has 4 rings (SSSR count). The summed E-state index contributed by atoms with van der Waals surface area (Å²) in [5.41, 5.74) is 4.74. The van der Waals surface area contributed by atoms with Gasteiger partial charge in [-0.1, -0.05) is 42.5 Å². The lowest BCUT2D eigenvalue weighted by Crippen LogP contribution is -2.28. The van der Waals surface area contributed by atoms with Crippen LogP contribution in [0, 0.1) is 0 Å². The number of hydrogen-bond acceptors (Lipinski definition) is 1. The van der Waals surface area contributed by atoms with E-state index < -0.39 is 0 Å². The highest BCUT2D eigenvalue weighted by Crippen LogP contribution is 2.24. The molecule has 2 aromatic heterocycles. The van der Waals surface area contributed by atoms with E-state index in [2.05, 4.69) is 89.3 Å². The number of aliphatic hydroxyl groups excluding tert-OH is 1. The number of benzene rings is 2. The van der Waals surface area contributed by atoms with Crippen molar-refractivity contribution in [1.82, 2.24) is 4.57 Å². The van der Waals surface area contributed by atoms with Crippen LogP contribution in [0.15, 0.2) is 67.0 Å². The van der Waals surface area contributed by atoms with Crippen LogP contribution in [-0.4, -0.2) is 16.3 Å². The van der Waals surface area contributed by atoms with Gasteiger partial charge in [-0.25, -0.2) is 4.57 Å². The van der Waals surface area contributed by atoms with E-state index in [9.17, 15) is 5.11 Å². The molecule has 4 aromatic rings. The van der Waals surface area contributed by atoms with E-state index in [0.717, 1.165) is 5.52 Å². The van der Waals surface area contributed by atoms with Crippen LogP contribution in [0.5, 0.6) is 0 Å². The third-order valence-corrected chi connectivity index (χ3v) is 4.68. The smallest absolute Gasteiger partial charge is 0.212 e. The molecule has 3 heteroatoms. The molecule has 2 aromatic carbocycles. The van der Waals surface area contributed by atoms with Crippen molar-refractivity contribution in [2.45, 2.75) is 6.54 Å². The first kappa shape index (κ1) is 15.6. The molecule has 0 atom stereocenters. The van der Waals surface area contributed by atoms with Crippen molar-refractivity contribution in [3.8, 4) is 0 Å². The predicted octanol–water partition coefficient (Wildman–Crippen LogP) is 3.78. The normalized spacial score (nSPS) is 11.8. The Kier molecular flexibility index (Phi) is 4.08. The number of fused-ring (bicyclic) bond motifs is 2. The molecule has 0 spiro atoms. The monoisotopic (exact) mass is 329 g/mol. The molecule has 1 N–H and O–H groups in total. The fourth-order valence-corrected chi connectivity index (χ4v) is 3.41. The Hall–Kier alpha value is -2.91. The number of aliphatic hydroxyl groups is 1. The summed E-state index contributed by atoms with van der Waals surface area (Å²) in [6, 6.07) is 18.9. The summed E-state index contributed by atoms with van der Waals surface area (Å²) in [5.74, 6) is 0. The summed E-state index contributed by atoms with van der Waals surface area (Å²) < 4.78 is 4.25. The molecule has 124 valence electrons. The lowest BCUT2D eigenvalue weighted by molar-refractivity contribution is -0.644. The number of pyridine rings is 1. The number of nitrogens with zero attached hydrogens (tertiary/aromatic N) is 2. The van der Waals surface area contributed by atoms with Gasteiger partial charge in [-0.15, -0.1) is 0 Å². The molecule has 3 nitrogen and oxygen atoms in total. The quantitative estimate of drug-likeness (QED) is 0.567. The molecule has 2 heterocycles. The zero-order valence-corrected chi connectivity index (χ0v) is 14.3. The maximum Gasteiger partial charge on any atom is 0.212 e. The van der Waals surface area contributed by atoms with Crippen molar-refractivity contribution in [3.63, 3.8) is 0 Å². The minimum atomic E-state index is 0.141. The number of hydrogen-bond donors (Lipinski definition) is 1. The van der Waals surface area contributed by atoms with E-state index in [1.54, 1.807) is 0 Å². The van der Waals surface area contributed by atoms with E-state index in [1.807, 2.05) is 6.07 Å². The van der Waals surface area contributed by atoms with Gasteiger partial charge in [0.1, 0.15) is 7.05 Å². The van der Waals surface area contributed by atoms with E-state index >= 15 is 0 Å². The molecule has 0 unspecified atom stereocenters. The van der Waals surface area contributed by atoms with Crippen LogP contribution in [0.2, 0.25) is 0 Å². The van der Waals surface area contributed by atoms with Crippen molar-refractivity contribution in [2.24, 2.45) is 7.05 Å².